The quantitative estimate of drug-likeness (QED) is 0.473. The summed E-state index contributed by atoms with van der Waals surface area (Å²) >= 11 is 0. The number of halogens is 1. The van der Waals surface area contributed by atoms with Crippen LogP contribution in [0.5, 0.6) is 11.8 Å². The second-order valence-electron chi connectivity index (χ2n) is 11.6. The zero-order valence-electron chi connectivity index (χ0n) is 23.5. The highest BCUT2D eigenvalue weighted by atomic mass is 19.1. The van der Waals surface area contributed by atoms with Gasteiger partial charge in [-0.3, -0.25) is 9.69 Å². The van der Waals surface area contributed by atoms with E-state index in [2.05, 4.69) is 9.80 Å². The largest absolute Gasteiger partial charge is 0.508 e. The monoisotopic (exact) mass is 561 g/mol. The van der Waals surface area contributed by atoms with Crippen LogP contribution in [0.15, 0.2) is 24.3 Å². The molecule has 10 heteroatoms. The van der Waals surface area contributed by atoms with Gasteiger partial charge in [-0.15, -0.1) is 0 Å². The standard InChI is InChI=1S/C31H36FN5O4/c1-2-22-23(32)7-6-20-16-21(38)17-25(26(20)22)37-18-24-27(29(37)39)28(35-10-5-14-40-15-13-35)34-30(33-24)41-19-31-8-3-11-36(31)12-4-9-31/h6-7,16-17,38H,2-5,8-15,18-19H2,1H3. The van der Waals surface area contributed by atoms with Gasteiger partial charge in [-0.25, -0.2) is 4.39 Å². The van der Waals surface area contributed by atoms with Crippen molar-refractivity contribution in [3.8, 4) is 11.8 Å². The van der Waals surface area contributed by atoms with E-state index in [1.165, 1.54) is 18.9 Å². The highest BCUT2D eigenvalue weighted by Crippen LogP contribution is 2.42. The van der Waals surface area contributed by atoms with Gasteiger partial charge in [-0.2, -0.15) is 9.97 Å². The fraction of sp³-hybridized carbons (Fsp3) is 0.516. The number of hydrogen-bond acceptors (Lipinski definition) is 8. The minimum absolute atomic E-state index is 0.0156. The zero-order chi connectivity index (χ0) is 28.1. The molecular formula is C31H36FN5O4. The van der Waals surface area contributed by atoms with Gasteiger partial charge in [0.2, 0.25) is 0 Å². The minimum atomic E-state index is -0.330. The SMILES string of the molecule is CCc1c(F)ccc2cc(O)cc(N3Cc4nc(OCC56CCCN5CCC6)nc(N5CCCOCC5)c4C3=O)c12. The summed E-state index contributed by atoms with van der Waals surface area (Å²) < 4.78 is 27.0. The van der Waals surface area contributed by atoms with Crippen LogP contribution >= 0.6 is 0 Å². The van der Waals surface area contributed by atoms with Crippen LogP contribution in [0.3, 0.4) is 0 Å². The number of benzene rings is 2. The maximum atomic E-state index is 14.9. The third kappa shape index (κ3) is 4.48. The van der Waals surface area contributed by atoms with Crippen molar-refractivity contribution in [2.45, 2.75) is 57.5 Å². The van der Waals surface area contributed by atoms with Crippen LogP contribution in [0.1, 0.15) is 60.6 Å². The first kappa shape index (κ1) is 26.4. The second kappa shape index (κ2) is 10.4. The summed E-state index contributed by atoms with van der Waals surface area (Å²) in [5.41, 5.74) is 2.05. The third-order valence-corrected chi connectivity index (χ3v) is 9.29. The lowest BCUT2D eigenvalue weighted by Crippen LogP contribution is -2.43. The van der Waals surface area contributed by atoms with Gasteiger partial charge in [0.25, 0.3) is 5.91 Å². The van der Waals surface area contributed by atoms with Crippen molar-refractivity contribution < 1.29 is 23.8 Å². The molecule has 41 heavy (non-hydrogen) atoms. The van der Waals surface area contributed by atoms with Crippen molar-refractivity contribution in [1.29, 1.82) is 0 Å². The summed E-state index contributed by atoms with van der Waals surface area (Å²) in [6.45, 7) is 7.32. The molecule has 3 aromatic rings. The van der Waals surface area contributed by atoms with Gasteiger partial charge in [-0.1, -0.05) is 13.0 Å². The lowest BCUT2D eigenvalue weighted by atomic mass is 9.95. The van der Waals surface area contributed by atoms with E-state index in [4.69, 9.17) is 19.4 Å². The Labute approximate surface area is 238 Å². The van der Waals surface area contributed by atoms with Crippen LogP contribution in [-0.4, -0.2) is 77.4 Å². The predicted octanol–water partition coefficient (Wildman–Crippen LogP) is 4.43. The molecule has 1 aromatic heterocycles. The maximum absolute atomic E-state index is 14.9. The van der Waals surface area contributed by atoms with Crippen molar-refractivity contribution in [3.05, 3.63) is 46.9 Å². The van der Waals surface area contributed by atoms with Gasteiger partial charge in [0.05, 0.1) is 30.1 Å². The number of fused-ring (bicyclic) bond motifs is 3. The molecule has 0 saturated carbocycles. The Morgan fingerprint density at radius 3 is 2.71 bits per heavy atom. The van der Waals surface area contributed by atoms with E-state index in [1.807, 2.05) is 6.92 Å². The third-order valence-electron chi connectivity index (χ3n) is 9.29. The number of anilines is 2. The molecule has 9 nitrogen and oxygen atoms in total. The van der Waals surface area contributed by atoms with Crippen LogP contribution in [0.2, 0.25) is 0 Å². The van der Waals surface area contributed by atoms with Gasteiger partial charge in [0.15, 0.2) is 0 Å². The Bertz CT molecular complexity index is 1500. The molecular weight excluding hydrogens is 525 g/mol. The smallest absolute Gasteiger partial charge is 0.318 e. The van der Waals surface area contributed by atoms with E-state index < -0.39 is 0 Å². The average Bonchev–Trinajstić information content (AvgIpc) is 3.56. The topological polar surface area (TPSA) is 91.3 Å². The Kier molecular flexibility index (Phi) is 6.70. The van der Waals surface area contributed by atoms with Gasteiger partial charge in [-0.05, 0) is 74.7 Å². The van der Waals surface area contributed by atoms with Gasteiger partial charge >= 0.3 is 6.01 Å². The average molecular weight is 562 g/mol. The van der Waals surface area contributed by atoms with E-state index in [0.29, 0.717) is 78.4 Å². The van der Waals surface area contributed by atoms with E-state index in [1.54, 1.807) is 23.1 Å². The van der Waals surface area contributed by atoms with Crippen LogP contribution in [0.4, 0.5) is 15.9 Å². The van der Waals surface area contributed by atoms with Crippen LogP contribution in [0, 0.1) is 5.82 Å². The molecule has 0 unspecified atom stereocenters. The maximum Gasteiger partial charge on any atom is 0.318 e. The van der Waals surface area contributed by atoms with Crippen molar-refractivity contribution >= 4 is 28.2 Å². The first-order valence-electron chi connectivity index (χ1n) is 14.8. The number of carbonyl (C=O) groups excluding carboxylic acids is 1. The summed E-state index contributed by atoms with van der Waals surface area (Å²) in [6.07, 6.45) is 5.85. The number of nitrogens with zero attached hydrogens (tertiary/aromatic N) is 5. The Balaban J connectivity index is 1.30. The molecule has 2 aromatic carbocycles. The number of aromatic nitrogens is 2. The van der Waals surface area contributed by atoms with E-state index in [-0.39, 0.29) is 35.6 Å². The number of amides is 1. The molecule has 0 aliphatic carbocycles. The van der Waals surface area contributed by atoms with Gasteiger partial charge < -0.3 is 24.4 Å². The molecule has 7 rings (SSSR count). The normalized spacial score (nSPS) is 20.5. The first-order valence-corrected chi connectivity index (χ1v) is 14.8. The number of phenols is 1. The Morgan fingerprint density at radius 1 is 1.07 bits per heavy atom. The number of carbonyl (C=O) groups is 1. The zero-order valence-corrected chi connectivity index (χ0v) is 23.5. The van der Waals surface area contributed by atoms with Gasteiger partial charge in [0.1, 0.15) is 29.6 Å². The lowest BCUT2D eigenvalue weighted by Gasteiger charge is -2.31. The fourth-order valence-electron chi connectivity index (χ4n) is 7.30. The molecule has 3 fully saturated rings. The summed E-state index contributed by atoms with van der Waals surface area (Å²) in [5.74, 6) is -0.0197. The lowest BCUT2D eigenvalue weighted by molar-refractivity contribution is 0.0996. The molecule has 1 amide bonds. The molecule has 5 heterocycles. The van der Waals surface area contributed by atoms with Crippen LogP contribution in [-0.2, 0) is 17.7 Å². The Hall–Kier alpha value is -3.50. The Morgan fingerprint density at radius 2 is 1.90 bits per heavy atom. The number of rotatable bonds is 6. The number of ether oxygens (including phenoxy) is 2. The summed E-state index contributed by atoms with van der Waals surface area (Å²) in [7, 11) is 0. The molecule has 1 N–H and O–H groups in total. The second-order valence-corrected chi connectivity index (χ2v) is 11.6. The van der Waals surface area contributed by atoms with Crippen molar-refractivity contribution in [1.82, 2.24) is 14.9 Å². The summed E-state index contributed by atoms with van der Waals surface area (Å²) in [6, 6.07) is 6.49. The van der Waals surface area contributed by atoms with E-state index in [9.17, 15) is 14.3 Å². The first-order chi connectivity index (χ1) is 20.0. The predicted molar refractivity (Wildman–Crippen MR) is 153 cm³/mol. The molecule has 0 spiro atoms. The van der Waals surface area contributed by atoms with E-state index >= 15 is 0 Å². The van der Waals surface area contributed by atoms with Crippen molar-refractivity contribution in [2.24, 2.45) is 0 Å². The summed E-state index contributed by atoms with van der Waals surface area (Å²) in [5, 5.41) is 11.9. The van der Waals surface area contributed by atoms with E-state index in [0.717, 1.165) is 32.4 Å². The number of aromatic hydroxyl groups is 1. The van der Waals surface area contributed by atoms with Gasteiger partial charge in [0, 0.05) is 31.1 Å². The van der Waals surface area contributed by atoms with Crippen LogP contribution < -0.4 is 14.5 Å². The summed E-state index contributed by atoms with van der Waals surface area (Å²) in [4.78, 5) is 30.0. The van der Waals surface area contributed by atoms with Crippen molar-refractivity contribution in [2.75, 3.05) is 55.8 Å². The number of hydrogen-bond donors (Lipinski definition) is 1. The number of phenolic OH excluding ortho intramolecular Hbond substituents is 1. The highest BCUT2D eigenvalue weighted by molar-refractivity contribution is 6.16. The minimum Gasteiger partial charge on any atom is -0.508 e. The van der Waals surface area contributed by atoms with Crippen LogP contribution in [0.25, 0.3) is 10.8 Å². The highest BCUT2D eigenvalue weighted by Gasteiger charge is 2.45. The molecule has 4 aliphatic heterocycles. The molecule has 0 bridgehead atoms. The molecule has 0 atom stereocenters. The molecule has 4 aliphatic rings. The number of aryl methyl sites for hydroxylation is 1. The molecule has 3 saturated heterocycles. The fourth-order valence-corrected chi connectivity index (χ4v) is 7.30. The molecule has 216 valence electrons. The molecule has 0 radical (unpaired) electrons. The van der Waals surface area contributed by atoms with Crippen molar-refractivity contribution in [3.63, 3.8) is 0 Å².